The molecule has 62 valence electrons. The second kappa shape index (κ2) is 2.53. The lowest BCUT2D eigenvalue weighted by molar-refractivity contribution is 0.190. The van der Waals surface area contributed by atoms with Gasteiger partial charge >= 0.3 is 0 Å². The third-order valence-electron chi connectivity index (χ3n) is 1.59. The van der Waals surface area contributed by atoms with E-state index in [4.69, 9.17) is 5.84 Å². The molecule has 0 saturated carbocycles. The molecule has 0 fully saturated rings. The van der Waals surface area contributed by atoms with Crippen molar-refractivity contribution in [2.75, 3.05) is 0 Å². The zero-order valence-electron chi connectivity index (χ0n) is 6.14. The lowest BCUT2D eigenvalue weighted by atomic mass is 10.3. The minimum absolute atomic E-state index is 0.399. The quantitative estimate of drug-likeness (QED) is 0.357. The Morgan fingerprint density at radius 2 is 2.17 bits per heavy atom. The first kappa shape index (κ1) is 7.17. The molecule has 0 aliphatic carbocycles. The van der Waals surface area contributed by atoms with Crippen LogP contribution in [0.25, 0.3) is 10.2 Å². The van der Waals surface area contributed by atoms with E-state index in [1.54, 1.807) is 6.07 Å². The molecular formula is C7H7N3OS. The monoisotopic (exact) mass is 181 g/mol. The molecule has 4 nitrogen and oxygen atoms in total. The SMILES string of the molecule is NN=c1sc2ccccc2n1O. The van der Waals surface area contributed by atoms with Gasteiger partial charge in [-0.25, -0.2) is 0 Å². The first-order chi connectivity index (χ1) is 5.83. The van der Waals surface area contributed by atoms with Gasteiger partial charge in [-0.3, -0.25) is 0 Å². The van der Waals surface area contributed by atoms with E-state index in [9.17, 15) is 5.21 Å². The van der Waals surface area contributed by atoms with Crippen LogP contribution in [0, 0.1) is 0 Å². The van der Waals surface area contributed by atoms with E-state index < -0.39 is 0 Å². The molecule has 5 heteroatoms. The lowest BCUT2D eigenvalue weighted by Crippen LogP contribution is -2.13. The smallest absolute Gasteiger partial charge is 0.241 e. The van der Waals surface area contributed by atoms with Crippen molar-refractivity contribution in [3.8, 4) is 0 Å². The van der Waals surface area contributed by atoms with Crippen LogP contribution >= 0.6 is 11.3 Å². The molecule has 1 heterocycles. The summed E-state index contributed by atoms with van der Waals surface area (Å²) < 4.78 is 1.95. The van der Waals surface area contributed by atoms with Gasteiger partial charge in [0.2, 0.25) is 4.80 Å². The Hall–Kier alpha value is -1.49. The van der Waals surface area contributed by atoms with Gasteiger partial charge in [0, 0.05) is 0 Å². The number of thiazole rings is 1. The van der Waals surface area contributed by atoms with Gasteiger partial charge in [-0.2, -0.15) is 4.73 Å². The maximum atomic E-state index is 9.44. The van der Waals surface area contributed by atoms with Gasteiger partial charge in [0.25, 0.3) is 0 Å². The number of hydrogen-bond acceptors (Lipinski definition) is 4. The van der Waals surface area contributed by atoms with Crippen molar-refractivity contribution in [1.82, 2.24) is 4.73 Å². The average Bonchev–Trinajstić information content (AvgIpc) is 2.44. The number of hydrogen-bond donors (Lipinski definition) is 2. The Labute approximate surface area is 72.1 Å². The highest BCUT2D eigenvalue weighted by atomic mass is 32.1. The molecule has 1 aromatic heterocycles. The van der Waals surface area contributed by atoms with E-state index >= 15 is 0 Å². The number of nitrogens with zero attached hydrogens (tertiary/aromatic N) is 2. The van der Waals surface area contributed by atoms with Gasteiger partial charge < -0.3 is 11.0 Å². The Morgan fingerprint density at radius 3 is 2.83 bits per heavy atom. The van der Waals surface area contributed by atoms with Crippen LogP contribution in [0.3, 0.4) is 0 Å². The Balaban J connectivity index is 2.98. The highest BCUT2D eigenvalue weighted by Gasteiger charge is 2.01. The fourth-order valence-electron chi connectivity index (χ4n) is 1.04. The van der Waals surface area contributed by atoms with Gasteiger partial charge in [-0.05, 0) is 12.1 Å². The van der Waals surface area contributed by atoms with E-state index in [0.717, 1.165) is 14.9 Å². The first-order valence-corrected chi connectivity index (χ1v) is 4.18. The van der Waals surface area contributed by atoms with Crippen LogP contribution in [0.15, 0.2) is 29.4 Å². The predicted octanol–water partition coefficient (Wildman–Crippen LogP) is 0.714. The number of rotatable bonds is 0. The van der Waals surface area contributed by atoms with Crippen LogP contribution in [-0.2, 0) is 0 Å². The van der Waals surface area contributed by atoms with Gasteiger partial charge in [0.05, 0.1) is 4.70 Å². The number of aromatic nitrogens is 1. The molecular weight excluding hydrogens is 174 g/mol. The van der Waals surface area contributed by atoms with Crippen molar-refractivity contribution in [1.29, 1.82) is 0 Å². The van der Waals surface area contributed by atoms with Crippen LogP contribution in [0.2, 0.25) is 0 Å². The minimum Gasteiger partial charge on any atom is -0.425 e. The summed E-state index contributed by atoms with van der Waals surface area (Å²) in [7, 11) is 0. The van der Waals surface area contributed by atoms with E-state index in [0.29, 0.717) is 4.80 Å². The van der Waals surface area contributed by atoms with Crippen LogP contribution in [-0.4, -0.2) is 9.94 Å². The first-order valence-electron chi connectivity index (χ1n) is 3.36. The summed E-state index contributed by atoms with van der Waals surface area (Å²) in [5.41, 5.74) is 0.728. The summed E-state index contributed by atoms with van der Waals surface area (Å²) in [5.74, 6) is 5.07. The predicted molar refractivity (Wildman–Crippen MR) is 46.7 cm³/mol. The minimum atomic E-state index is 0.399. The summed E-state index contributed by atoms with van der Waals surface area (Å²) in [6.45, 7) is 0. The molecule has 0 aliphatic heterocycles. The van der Waals surface area contributed by atoms with E-state index in [1.807, 2.05) is 18.2 Å². The van der Waals surface area contributed by atoms with Crippen molar-refractivity contribution in [3.05, 3.63) is 29.1 Å². The summed E-state index contributed by atoms with van der Waals surface area (Å²) >= 11 is 1.35. The summed E-state index contributed by atoms with van der Waals surface area (Å²) in [4.78, 5) is 0.399. The normalized spacial score (nSPS) is 12.5. The van der Waals surface area contributed by atoms with E-state index in [-0.39, 0.29) is 0 Å². The maximum absolute atomic E-state index is 9.44. The fourth-order valence-corrected chi connectivity index (χ4v) is 1.88. The maximum Gasteiger partial charge on any atom is 0.241 e. The zero-order chi connectivity index (χ0) is 8.55. The summed E-state index contributed by atoms with van der Waals surface area (Å²) in [6.07, 6.45) is 0. The van der Waals surface area contributed by atoms with Gasteiger partial charge in [-0.15, -0.1) is 5.10 Å². The van der Waals surface area contributed by atoms with Crippen molar-refractivity contribution in [2.45, 2.75) is 0 Å². The molecule has 12 heavy (non-hydrogen) atoms. The molecule has 1 aromatic carbocycles. The molecule has 0 unspecified atom stereocenters. The van der Waals surface area contributed by atoms with Gasteiger partial charge in [-0.1, -0.05) is 23.5 Å². The second-order valence-electron chi connectivity index (χ2n) is 2.29. The Bertz CT molecular complexity index is 471. The Kier molecular flexibility index (Phi) is 1.51. The Morgan fingerprint density at radius 1 is 1.42 bits per heavy atom. The molecule has 2 rings (SSSR count). The van der Waals surface area contributed by atoms with Crippen molar-refractivity contribution >= 4 is 21.6 Å². The zero-order valence-corrected chi connectivity index (χ0v) is 6.95. The molecule has 3 N–H and O–H groups in total. The van der Waals surface area contributed by atoms with E-state index in [2.05, 4.69) is 5.10 Å². The van der Waals surface area contributed by atoms with E-state index in [1.165, 1.54) is 11.3 Å². The number of benzene rings is 1. The van der Waals surface area contributed by atoms with Crippen molar-refractivity contribution in [3.63, 3.8) is 0 Å². The number of nitrogens with two attached hydrogens (primary N) is 1. The molecule has 0 amide bonds. The van der Waals surface area contributed by atoms with Gasteiger partial charge in [0.1, 0.15) is 5.52 Å². The van der Waals surface area contributed by atoms with Crippen molar-refractivity contribution in [2.24, 2.45) is 10.9 Å². The molecule has 2 aromatic rings. The van der Waals surface area contributed by atoms with Gasteiger partial charge in [0.15, 0.2) is 0 Å². The largest absolute Gasteiger partial charge is 0.425 e. The van der Waals surface area contributed by atoms with Crippen LogP contribution in [0.4, 0.5) is 0 Å². The molecule has 0 saturated heterocycles. The highest BCUT2D eigenvalue weighted by Crippen LogP contribution is 2.14. The molecule has 0 radical (unpaired) electrons. The average molecular weight is 181 g/mol. The molecule has 0 atom stereocenters. The standard InChI is InChI=1S/C7H7N3OS/c8-9-7-10(11)5-3-1-2-4-6(5)12-7/h1-4,11H,8H2. The molecule has 0 aliphatic rings. The third-order valence-corrected chi connectivity index (χ3v) is 2.61. The van der Waals surface area contributed by atoms with Crippen LogP contribution < -0.4 is 10.6 Å². The van der Waals surface area contributed by atoms with Crippen LogP contribution in [0.1, 0.15) is 0 Å². The molecule has 0 spiro atoms. The van der Waals surface area contributed by atoms with Crippen LogP contribution in [0.5, 0.6) is 0 Å². The number of fused-ring (bicyclic) bond motifs is 1. The number of para-hydroxylation sites is 1. The lowest BCUT2D eigenvalue weighted by Gasteiger charge is -1.90. The van der Waals surface area contributed by atoms with Crippen molar-refractivity contribution < 1.29 is 5.21 Å². The summed E-state index contributed by atoms with van der Waals surface area (Å²) in [6, 6.07) is 7.46. The highest BCUT2D eigenvalue weighted by molar-refractivity contribution is 7.16. The topological polar surface area (TPSA) is 63.5 Å². The summed E-state index contributed by atoms with van der Waals surface area (Å²) in [5, 5.41) is 12.9. The molecule has 0 bridgehead atoms. The second-order valence-corrected chi connectivity index (χ2v) is 3.30. The fraction of sp³-hybridized carbons (Fsp3) is 0. The third kappa shape index (κ3) is 0.868.